The molecule has 2 aromatic heterocycles. The average molecular weight is 297 g/mol. The van der Waals surface area contributed by atoms with Crippen LogP contribution in [0.15, 0.2) is 11.6 Å². The van der Waals surface area contributed by atoms with Gasteiger partial charge in [-0.05, 0) is 20.8 Å². The van der Waals surface area contributed by atoms with Gasteiger partial charge < -0.3 is 5.32 Å². The second kappa shape index (κ2) is 5.43. The zero-order valence-corrected chi connectivity index (χ0v) is 13.1. The van der Waals surface area contributed by atoms with Crippen molar-refractivity contribution in [3.63, 3.8) is 0 Å². The molecule has 2 rings (SSSR count). The van der Waals surface area contributed by atoms with E-state index in [0.29, 0.717) is 5.15 Å². The van der Waals surface area contributed by atoms with Gasteiger partial charge in [0.2, 0.25) is 0 Å². The lowest BCUT2D eigenvalue weighted by atomic mass is 10.1. The van der Waals surface area contributed by atoms with Crippen LogP contribution in [0.4, 0.5) is 5.82 Å². The zero-order chi connectivity index (χ0) is 14.0. The van der Waals surface area contributed by atoms with Crippen molar-refractivity contribution in [3.8, 4) is 0 Å². The first kappa shape index (κ1) is 14.2. The van der Waals surface area contributed by atoms with Gasteiger partial charge in [-0.2, -0.15) is 0 Å². The Morgan fingerprint density at radius 3 is 2.68 bits per heavy atom. The second-order valence-corrected chi connectivity index (χ2v) is 6.10. The number of hydrogen-bond donors (Lipinski definition) is 1. The second-order valence-electron chi connectivity index (χ2n) is 4.85. The molecule has 1 N–H and O–H groups in total. The Morgan fingerprint density at radius 2 is 2.11 bits per heavy atom. The van der Waals surface area contributed by atoms with E-state index in [2.05, 4.69) is 34.1 Å². The van der Waals surface area contributed by atoms with Crippen molar-refractivity contribution in [2.75, 3.05) is 5.32 Å². The van der Waals surface area contributed by atoms with Crippen molar-refractivity contribution in [1.29, 1.82) is 0 Å². The fourth-order valence-corrected chi connectivity index (χ4v) is 2.60. The van der Waals surface area contributed by atoms with Gasteiger partial charge in [0, 0.05) is 23.6 Å². The van der Waals surface area contributed by atoms with E-state index in [4.69, 9.17) is 11.6 Å². The molecule has 19 heavy (non-hydrogen) atoms. The van der Waals surface area contributed by atoms with Crippen molar-refractivity contribution in [1.82, 2.24) is 15.0 Å². The van der Waals surface area contributed by atoms with Crippen molar-refractivity contribution < 1.29 is 0 Å². The molecule has 0 radical (unpaired) electrons. The Bertz CT molecular complexity index is 566. The van der Waals surface area contributed by atoms with Gasteiger partial charge in [-0.3, -0.25) is 0 Å². The molecule has 4 nitrogen and oxygen atoms in total. The van der Waals surface area contributed by atoms with Crippen molar-refractivity contribution >= 4 is 28.8 Å². The van der Waals surface area contributed by atoms with Crippen LogP contribution >= 0.6 is 22.9 Å². The van der Waals surface area contributed by atoms with E-state index in [1.54, 1.807) is 17.5 Å². The Kier molecular flexibility index (Phi) is 4.06. The lowest BCUT2D eigenvalue weighted by Gasteiger charge is -2.25. The molecule has 0 fully saturated rings. The van der Waals surface area contributed by atoms with Crippen LogP contribution in [0.3, 0.4) is 0 Å². The predicted molar refractivity (Wildman–Crippen MR) is 79.9 cm³/mol. The molecule has 6 heteroatoms. The summed E-state index contributed by atoms with van der Waals surface area (Å²) < 4.78 is 0. The third-order valence-electron chi connectivity index (χ3n) is 2.85. The van der Waals surface area contributed by atoms with Gasteiger partial charge in [0.15, 0.2) is 0 Å². The molecule has 0 bridgehead atoms. The van der Waals surface area contributed by atoms with Crippen LogP contribution in [0.1, 0.15) is 37.2 Å². The fourth-order valence-electron chi connectivity index (χ4n) is 1.69. The molecule has 0 saturated heterocycles. The average Bonchev–Trinajstić information content (AvgIpc) is 2.89. The summed E-state index contributed by atoms with van der Waals surface area (Å²) in [6.07, 6.45) is 2.56. The molecular formula is C13H17ClN4S. The number of aryl methyl sites for hydroxylation is 1. The molecule has 0 aliphatic heterocycles. The van der Waals surface area contributed by atoms with Gasteiger partial charge in [-0.25, -0.2) is 15.0 Å². The normalized spacial score (nSPS) is 11.6. The van der Waals surface area contributed by atoms with Crippen LogP contribution in [0.5, 0.6) is 0 Å². The molecule has 0 amide bonds. The van der Waals surface area contributed by atoms with Gasteiger partial charge >= 0.3 is 0 Å². The maximum absolute atomic E-state index is 6.15. The van der Waals surface area contributed by atoms with E-state index in [1.807, 2.05) is 19.2 Å². The smallest absolute Gasteiger partial charge is 0.137 e. The SMILES string of the molecule is CCc1nc(Cl)c(C)c(NC(C)(C)c2nccs2)n1. The van der Waals surface area contributed by atoms with E-state index in [0.717, 1.165) is 28.6 Å². The topological polar surface area (TPSA) is 50.7 Å². The first-order valence-corrected chi connectivity index (χ1v) is 7.41. The van der Waals surface area contributed by atoms with Gasteiger partial charge in [0.1, 0.15) is 21.8 Å². The summed E-state index contributed by atoms with van der Waals surface area (Å²) in [5.41, 5.74) is 0.574. The van der Waals surface area contributed by atoms with Crippen molar-refractivity contribution in [3.05, 3.63) is 33.1 Å². The molecule has 0 aromatic carbocycles. The maximum atomic E-state index is 6.15. The van der Waals surface area contributed by atoms with Crippen LogP contribution in [-0.2, 0) is 12.0 Å². The number of thiazole rings is 1. The van der Waals surface area contributed by atoms with Crippen molar-refractivity contribution in [2.45, 2.75) is 39.7 Å². The summed E-state index contributed by atoms with van der Waals surface area (Å²) in [5.74, 6) is 1.52. The monoisotopic (exact) mass is 296 g/mol. The number of hydrogen-bond acceptors (Lipinski definition) is 5. The Labute approximate surface area is 122 Å². The first-order valence-electron chi connectivity index (χ1n) is 6.15. The molecule has 0 aliphatic carbocycles. The number of aromatic nitrogens is 3. The molecule has 0 saturated carbocycles. The third kappa shape index (κ3) is 3.04. The molecule has 0 spiro atoms. The summed E-state index contributed by atoms with van der Waals surface area (Å²) >= 11 is 7.77. The highest BCUT2D eigenvalue weighted by Gasteiger charge is 2.25. The predicted octanol–water partition coefficient (Wildman–Crippen LogP) is 3.80. The minimum atomic E-state index is -0.290. The van der Waals surface area contributed by atoms with Gasteiger partial charge in [-0.15, -0.1) is 11.3 Å². The lowest BCUT2D eigenvalue weighted by molar-refractivity contribution is 0.599. The summed E-state index contributed by atoms with van der Waals surface area (Å²) in [6.45, 7) is 8.08. The van der Waals surface area contributed by atoms with Crippen LogP contribution in [0, 0.1) is 6.92 Å². The molecule has 0 unspecified atom stereocenters. The molecule has 2 heterocycles. The number of halogens is 1. The highest BCUT2D eigenvalue weighted by Crippen LogP contribution is 2.29. The van der Waals surface area contributed by atoms with Gasteiger partial charge in [0.05, 0.1) is 5.54 Å². The summed E-state index contributed by atoms with van der Waals surface area (Å²) in [7, 11) is 0. The number of nitrogens with zero attached hydrogens (tertiary/aromatic N) is 3. The maximum Gasteiger partial charge on any atom is 0.137 e. The molecule has 0 atom stereocenters. The van der Waals surface area contributed by atoms with Crippen LogP contribution in [0.2, 0.25) is 5.15 Å². The van der Waals surface area contributed by atoms with Crippen LogP contribution in [0.25, 0.3) is 0 Å². The number of rotatable bonds is 4. The van der Waals surface area contributed by atoms with Gasteiger partial charge in [-0.1, -0.05) is 18.5 Å². The number of anilines is 1. The summed E-state index contributed by atoms with van der Waals surface area (Å²) in [6, 6.07) is 0. The zero-order valence-electron chi connectivity index (χ0n) is 11.5. The highest BCUT2D eigenvalue weighted by atomic mass is 35.5. The van der Waals surface area contributed by atoms with Gasteiger partial charge in [0.25, 0.3) is 0 Å². The van der Waals surface area contributed by atoms with Crippen LogP contribution < -0.4 is 5.32 Å². The van der Waals surface area contributed by atoms with E-state index >= 15 is 0 Å². The largest absolute Gasteiger partial charge is 0.358 e. The Hall–Kier alpha value is -1.20. The molecular weight excluding hydrogens is 280 g/mol. The van der Waals surface area contributed by atoms with E-state index < -0.39 is 0 Å². The van der Waals surface area contributed by atoms with E-state index in [1.165, 1.54) is 0 Å². The van der Waals surface area contributed by atoms with E-state index in [9.17, 15) is 0 Å². The van der Waals surface area contributed by atoms with Crippen molar-refractivity contribution in [2.24, 2.45) is 0 Å². The van der Waals surface area contributed by atoms with E-state index in [-0.39, 0.29) is 5.54 Å². The Morgan fingerprint density at radius 1 is 1.37 bits per heavy atom. The molecule has 0 aliphatic rings. The minimum absolute atomic E-state index is 0.290. The molecule has 2 aromatic rings. The fraction of sp³-hybridized carbons (Fsp3) is 0.462. The third-order valence-corrected chi connectivity index (χ3v) is 4.31. The summed E-state index contributed by atoms with van der Waals surface area (Å²) in [4.78, 5) is 13.1. The summed E-state index contributed by atoms with van der Waals surface area (Å²) in [5, 5.41) is 6.90. The number of nitrogens with one attached hydrogen (secondary N) is 1. The Balaban J connectivity index is 2.35. The molecule has 102 valence electrons. The standard InChI is InChI=1S/C13H17ClN4S/c1-5-9-16-10(14)8(2)11(17-9)18-13(3,4)12-15-6-7-19-12/h6-7H,5H2,1-4H3,(H,16,17,18). The van der Waals surface area contributed by atoms with Crippen LogP contribution in [-0.4, -0.2) is 15.0 Å². The lowest BCUT2D eigenvalue weighted by Crippen LogP contribution is -2.29. The highest BCUT2D eigenvalue weighted by molar-refractivity contribution is 7.09. The minimum Gasteiger partial charge on any atom is -0.358 e. The first-order chi connectivity index (χ1) is 8.94. The quantitative estimate of drug-likeness (QED) is 0.872.